The fourth-order valence-corrected chi connectivity index (χ4v) is 3.63. The zero-order valence-corrected chi connectivity index (χ0v) is 15.9. The Bertz CT molecular complexity index is 973. The SMILES string of the molecule is COC(=O)c1c(-c2ccc(F)cc2)csc1NC(=O)c1cncc(Br)c1. The number of methoxy groups -OCH3 is 1. The maximum atomic E-state index is 13.2. The molecule has 3 aromatic rings. The average molecular weight is 435 g/mol. The molecule has 5 nitrogen and oxygen atoms in total. The Labute approximate surface area is 161 Å². The number of halogens is 2. The number of nitrogens with one attached hydrogen (secondary N) is 1. The number of hydrogen-bond donors (Lipinski definition) is 1. The molecule has 0 saturated carbocycles. The minimum atomic E-state index is -0.590. The van der Waals surface area contributed by atoms with Crippen molar-refractivity contribution in [2.24, 2.45) is 0 Å². The highest BCUT2D eigenvalue weighted by atomic mass is 79.9. The predicted molar refractivity (Wildman–Crippen MR) is 101 cm³/mol. The van der Waals surface area contributed by atoms with Gasteiger partial charge in [-0.15, -0.1) is 11.3 Å². The number of anilines is 1. The van der Waals surface area contributed by atoms with E-state index >= 15 is 0 Å². The van der Waals surface area contributed by atoms with Crippen LogP contribution in [0.3, 0.4) is 0 Å². The Balaban J connectivity index is 1.98. The number of nitrogens with zero attached hydrogens (tertiary/aromatic N) is 1. The first-order valence-corrected chi connectivity index (χ1v) is 9.04. The molecule has 0 saturated heterocycles. The fourth-order valence-electron chi connectivity index (χ4n) is 2.31. The average Bonchev–Trinajstić information content (AvgIpc) is 3.05. The van der Waals surface area contributed by atoms with Crippen LogP contribution >= 0.6 is 27.3 Å². The van der Waals surface area contributed by atoms with Crippen LogP contribution < -0.4 is 5.32 Å². The summed E-state index contributed by atoms with van der Waals surface area (Å²) in [5, 5.41) is 4.78. The van der Waals surface area contributed by atoms with Gasteiger partial charge >= 0.3 is 5.97 Å². The molecular weight excluding hydrogens is 423 g/mol. The summed E-state index contributed by atoms with van der Waals surface area (Å²) in [4.78, 5) is 28.7. The summed E-state index contributed by atoms with van der Waals surface area (Å²) in [5.74, 6) is -1.37. The van der Waals surface area contributed by atoms with Crippen LogP contribution in [0.25, 0.3) is 11.1 Å². The van der Waals surface area contributed by atoms with Gasteiger partial charge < -0.3 is 10.1 Å². The van der Waals surface area contributed by atoms with Crippen LogP contribution in [0, 0.1) is 5.82 Å². The second kappa shape index (κ2) is 7.76. The third-order valence-corrected chi connectivity index (χ3v) is 4.86. The quantitative estimate of drug-likeness (QED) is 0.601. The maximum Gasteiger partial charge on any atom is 0.341 e. The lowest BCUT2D eigenvalue weighted by Gasteiger charge is -2.08. The summed E-state index contributed by atoms with van der Waals surface area (Å²) in [6.45, 7) is 0. The Morgan fingerprint density at radius 1 is 1.23 bits per heavy atom. The van der Waals surface area contributed by atoms with Gasteiger partial charge in [0.2, 0.25) is 0 Å². The Kier molecular flexibility index (Phi) is 5.43. The molecule has 0 fully saturated rings. The molecule has 2 aromatic heterocycles. The number of pyridine rings is 1. The second-order valence-corrected chi connectivity index (χ2v) is 6.99. The highest BCUT2D eigenvalue weighted by Gasteiger charge is 2.22. The number of rotatable bonds is 4. The lowest BCUT2D eigenvalue weighted by Crippen LogP contribution is -2.14. The molecule has 1 N–H and O–H groups in total. The van der Waals surface area contributed by atoms with Crippen molar-refractivity contribution in [3.63, 3.8) is 0 Å². The molecule has 0 aliphatic heterocycles. The Morgan fingerprint density at radius 2 is 1.96 bits per heavy atom. The number of hydrogen-bond acceptors (Lipinski definition) is 5. The van der Waals surface area contributed by atoms with E-state index in [1.54, 1.807) is 29.8 Å². The molecule has 0 unspecified atom stereocenters. The molecule has 0 bridgehead atoms. The minimum Gasteiger partial charge on any atom is -0.465 e. The molecule has 0 aliphatic rings. The minimum absolute atomic E-state index is 0.223. The van der Waals surface area contributed by atoms with Gasteiger partial charge in [-0.1, -0.05) is 12.1 Å². The van der Waals surface area contributed by atoms with Crippen LogP contribution in [0.4, 0.5) is 9.39 Å². The zero-order valence-electron chi connectivity index (χ0n) is 13.5. The van der Waals surface area contributed by atoms with E-state index in [4.69, 9.17) is 4.74 Å². The largest absolute Gasteiger partial charge is 0.465 e. The third kappa shape index (κ3) is 3.81. The van der Waals surface area contributed by atoms with Crippen molar-refractivity contribution >= 4 is 44.1 Å². The van der Waals surface area contributed by atoms with E-state index in [-0.39, 0.29) is 11.4 Å². The van der Waals surface area contributed by atoms with Crippen LogP contribution in [0.5, 0.6) is 0 Å². The van der Waals surface area contributed by atoms with E-state index < -0.39 is 11.9 Å². The van der Waals surface area contributed by atoms with Gasteiger partial charge in [-0.25, -0.2) is 9.18 Å². The van der Waals surface area contributed by atoms with Crippen molar-refractivity contribution in [3.8, 4) is 11.1 Å². The van der Waals surface area contributed by atoms with Crippen LogP contribution in [0.1, 0.15) is 20.7 Å². The highest BCUT2D eigenvalue weighted by molar-refractivity contribution is 9.10. The van der Waals surface area contributed by atoms with Crippen LogP contribution in [0.2, 0.25) is 0 Å². The summed E-state index contributed by atoms with van der Waals surface area (Å²) in [5.41, 5.74) is 1.77. The molecule has 0 radical (unpaired) electrons. The first-order chi connectivity index (χ1) is 12.5. The third-order valence-electron chi connectivity index (χ3n) is 3.53. The molecule has 0 aliphatic carbocycles. The van der Waals surface area contributed by atoms with Gasteiger partial charge in [-0.3, -0.25) is 9.78 Å². The molecule has 0 atom stereocenters. The van der Waals surface area contributed by atoms with E-state index in [9.17, 15) is 14.0 Å². The van der Waals surface area contributed by atoms with Gasteiger partial charge in [0, 0.05) is 27.8 Å². The first kappa shape index (κ1) is 18.2. The fraction of sp³-hybridized carbons (Fsp3) is 0.0556. The van der Waals surface area contributed by atoms with E-state index in [2.05, 4.69) is 26.2 Å². The van der Waals surface area contributed by atoms with Gasteiger partial charge in [0.1, 0.15) is 16.4 Å². The summed E-state index contributed by atoms with van der Waals surface area (Å²) in [6.07, 6.45) is 2.99. The van der Waals surface area contributed by atoms with Gasteiger partial charge in [-0.05, 0) is 39.7 Å². The molecule has 8 heteroatoms. The first-order valence-electron chi connectivity index (χ1n) is 7.37. The molecule has 2 heterocycles. The van der Waals surface area contributed by atoms with Gasteiger partial charge in [0.25, 0.3) is 5.91 Å². The number of carbonyl (C=O) groups is 2. The lowest BCUT2D eigenvalue weighted by molar-refractivity contribution is 0.0603. The summed E-state index contributed by atoms with van der Waals surface area (Å²) >= 11 is 4.45. The molecule has 132 valence electrons. The number of thiophene rings is 1. The van der Waals surface area contributed by atoms with Crippen molar-refractivity contribution in [3.05, 3.63) is 69.5 Å². The zero-order chi connectivity index (χ0) is 18.7. The molecule has 3 rings (SSSR count). The van der Waals surface area contributed by atoms with E-state index in [0.717, 1.165) is 0 Å². The van der Waals surface area contributed by atoms with E-state index in [1.165, 1.54) is 36.8 Å². The topological polar surface area (TPSA) is 68.3 Å². The monoisotopic (exact) mass is 434 g/mol. The van der Waals surface area contributed by atoms with Crippen molar-refractivity contribution in [1.82, 2.24) is 4.98 Å². The number of amides is 1. The maximum absolute atomic E-state index is 13.2. The molecule has 0 spiro atoms. The molecule has 1 aromatic carbocycles. The number of ether oxygens (including phenoxy) is 1. The van der Waals surface area contributed by atoms with Crippen LogP contribution in [-0.4, -0.2) is 24.0 Å². The number of esters is 1. The van der Waals surface area contributed by atoms with Crippen LogP contribution in [0.15, 0.2) is 52.6 Å². The summed E-state index contributed by atoms with van der Waals surface area (Å²) in [7, 11) is 1.26. The van der Waals surface area contributed by atoms with E-state index in [0.29, 0.717) is 26.2 Å². The van der Waals surface area contributed by atoms with Gasteiger partial charge in [0.05, 0.1) is 12.7 Å². The Hall–Kier alpha value is -2.58. The standard InChI is InChI=1S/C18H12BrFN2O3S/c1-25-18(24)15-14(10-2-4-13(20)5-3-10)9-26-17(15)22-16(23)11-6-12(19)8-21-7-11/h2-9H,1H3,(H,22,23). The Morgan fingerprint density at radius 3 is 2.62 bits per heavy atom. The summed E-state index contributed by atoms with van der Waals surface area (Å²) in [6, 6.07) is 7.36. The van der Waals surface area contributed by atoms with Crippen molar-refractivity contribution < 1.29 is 18.7 Å². The summed E-state index contributed by atoms with van der Waals surface area (Å²) < 4.78 is 18.7. The number of benzene rings is 1. The van der Waals surface area contributed by atoms with Crippen LogP contribution in [-0.2, 0) is 4.74 Å². The van der Waals surface area contributed by atoms with Crippen molar-refractivity contribution in [2.75, 3.05) is 12.4 Å². The highest BCUT2D eigenvalue weighted by Crippen LogP contribution is 2.36. The number of carbonyl (C=O) groups excluding carboxylic acids is 2. The second-order valence-electron chi connectivity index (χ2n) is 5.20. The van der Waals surface area contributed by atoms with Gasteiger partial charge in [0.15, 0.2) is 0 Å². The number of aromatic nitrogens is 1. The smallest absolute Gasteiger partial charge is 0.341 e. The van der Waals surface area contributed by atoms with Crippen molar-refractivity contribution in [2.45, 2.75) is 0 Å². The van der Waals surface area contributed by atoms with Gasteiger partial charge in [-0.2, -0.15) is 0 Å². The molecular formula is C18H12BrFN2O3S. The molecule has 1 amide bonds. The molecule has 26 heavy (non-hydrogen) atoms. The lowest BCUT2D eigenvalue weighted by atomic mass is 10.0. The predicted octanol–water partition coefficient (Wildman–Crippen LogP) is 4.75. The van der Waals surface area contributed by atoms with Crippen molar-refractivity contribution in [1.29, 1.82) is 0 Å². The normalized spacial score (nSPS) is 10.4. The van der Waals surface area contributed by atoms with E-state index in [1.807, 2.05) is 0 Å².